The number of nitrogens with two attached hydrogens (primary N) is 2. The second kappa shape index (κ2) is 10.3. The number of ether oxygens (including phenoxy) is 1. The molecular weight excluding hydrogens is 308 g/mol. The van der Waals surface area contributed by atoms with Crippen molar-refractivity contribution < 1.29 is 14.6 Å². The van der Waals surface area contributed by atoms with E-state index in [1.54, 1.807) is 18.2 Å². The van der Waals surface area contributed by atoms with Gasteiger partial charge in [-0.1, -0.05) is 6.07 Å². The molecule has 0 saturated carbocycles. The van der Waals surface area contributed by atoms with Crippen LogP contribution in [0.3, 0.4) is 0 Å². The average Bonchev–Trinajstić information content (AvgIpc) is 2.45. The van der Waals surface area contributed by atoms with Crippen molar-refractivity contribution in [2.45, 2.75) is 6.42 Å². The molecule has 1 amide bonds. The molecule has 0 unspecified atom stereocenters. The number of carbonyl (C=O) groups is 1. The number of halogens is 1. The van der Waals surface area contributed by atoms with Crippen molar-refractivity contribution in [3.05, 3.63) is 29.8 Å². The molecule has 0 fully saturated rings. The van der Waals surface area contributed by atoms with Crippen molar-refractivity contribution >= 4 is 30.3 Å². The summed E-state index contributed by atoms with van der Waals surface area (Å²) in [6.45, 7) is 0.959. The molecule has 0 atom stereocenters. The first kappa shape index (κ1) is 19.6. The number of amides is 1. The standard InChI is InChI=1S/C14H20N4O3.ClH/c1-21-12-9-10(3-5-11(12)19)4-6-13(20)17-7-2-8-18-14(15)16;/h3-6,9,19H,2,7-8H2,1H3,(H,17,20)(H4,15,16,18);1H/b6-4+;. The number of benzene rings is 1. The van der Waals surface area contributed by atoms with E-state index >= 15 is 0 Å². The van der Waals surface area contributed by atoms with E-state index in [0.29, 0.717) is 25.3 Å². The minimum Gasteiger partial charge on any atom is -0.504 e. The lowest BCUT2D eigenvalue weighted by atomic mass is 10.2. The molecule has 0 aliphatic rings. The summed E-state index contributed by atoms with van der Waals surface area (Å²) in [4.78, 5) is 15.4. The Morgan fingerprint density at radius 1 is 1.45 bits per heavy atom. The van der Waals surface area contributed by atoms with Gasteiger partial charge < -0.3 is 26.6 Å². The number of phenols is 1. The second-order valence-electron chi connectivity index (χ2n) is 4.22. The van der Waals surface area contributed by atoms with Crippen molar-refractivity contribution in [3.8, 4) is 11.5 Å². The van der Waals surface area contributed by atoms with Crippen LogP contribution in [0.1, 0.15) is 12.0 Å². The Kier molecular flexibility index (Phi) is 9.20. The van der Waals surface area contributed by atoms with Crippen molar-refractivity contribution in [2.75, 3.05) is 20.2 Å². The molecule has 0 aliphatic carbocycles. The quantitative estimate of drug-likeness (QED) is 0.253. The summed E-state index contributed by atoms with van der Waals surface area (Å²) in [5.74, 6) is 0.239. The Morgan fingerprint density at radius 3 is 2.82 bits per heavy atom. The lowest BCUT2D eigenvalue weighted by Gasteiger charge is -2.04. The zero-order valence-electron chi connectivity index (χ0n) is 12.3. The number of phenolic OH excluding ortho intramolecular Hbond substituents is 1. The number of carbonyl (C=O) groups excluding carboxylic acids is 1. The second-order valence-corrected chi connectivity index (χ2v) is 4.22. The van der Waals surface area contributed by atoms with Gasteiger partial charge in [-0.05, 0) is 30.2 Å². The van der Waals surface area contributed by atoms with Crippen LogP contribution in [0, 0.1) is 0 Å². The highest BCUT2D eigenvalue weighted by molar-refractivity contribution is 5.91. The lowest BCUT2D eigenvalue weighted by Crippen LogP contribution is -2.25. The molecule has 1 rings (SSSR count). The molecule has 0 bridgehead atoms. The van der Waals surface area contributed by atoms with Crippen LogP contribution in [0.2, 0.25) is 0 Å². The highest BCUT2D eigenvalue weighted by atomic mass is 35.5. The summed E-state index contributed by atoms with van der Waals surface area (Å²) >= 11 is 0. The van der Waals surface area contributed by atoms with Gasteiger partial charge in [-0.15, -0.1) is 12.4 Å². The normalized spacial score (nSPS) is 9.86. The molecule has 7 nitrogen and oxygen atoms in total. The van der Waals surface area contributed by atoms with Gasteiger partial charge in [0, 0.05) is 19.2 Å². The van der Waals surface area contributed by atoms with E-state index in [9.17, 15) is 9.90 Å². The monoisotopic (exact) mass is 328 g/mol. The first-order valence-electron chi connectivity index (χ1n) is 6.41. The van der Waals surface area contributed by atoms with Crippen molar-refractivity contribution in [1.82, 2.24) is 5.32 Å². The summed E-state index contributed by atoms with van der Waals surface area (Å²) < 4.78 is 4.99. The number of aliphatic imine (C=N–C) groups is 1. The maximum atomic E-state index is 11.6. The molecule has 0 heterocycles. The molecule has 22 heavy (non-hydrogen) atoms. The van der Waals surface area contributed by atoms with E-state index in [0.717, 1.165) is 5.56 Å². The smallest absolute Gasteiger partial charge is 0.244 e. The third kappa shape index (κ3) is 7.39. The maximum Gasteiger partial charge on any atom is 0.244 e. The van der Waals surface area contributed by atoms with E-state index in [4.69, 9.17) is 16.2 Å². The summed E-state index contributed by atoms with van der Waals surface area (Å²) in [6, 6.07) is 4.82. The molecule has 0 saturated heterocycles. The van der Waals surface area contributed by atoms with Crippen LogP contribution < -0.4 is 21.5 Å². The van der Waals surface area contributed by atoms with Gasteiger partial charge >= 0.3 is 0 Å². The first-order chi connectivity index (χ1) is 10.0. The first-order valence-corrected chi connectivity index (χ1v) is 6.41. The minimum atomic E-state index is -0.216. The van der Waals surface area contributed by atoms with Crippen LogP contribution in [0.25, 0.3) is 6.08 Å². The molecule has 0 radical (unpaired) electrons. The summed E-state index contributed by atoms with van der Waals surface area (Å²) in [6.07, 6.45) is 3.70. The van der Waals surface area contributed by atoms with Crippen molar-refractivity contribution in [1.29, 1.82) is 0 Å². The van der Waals surface area contributed by atoms with Crippen LogP contribution in [0.4, 0.5) is 0 Å². The minimum absolute atomic E-state index is 0. The van der Waals surface area contributed by atoms with E-state index < -0.39 is 0 Å². The summed E-state index contributed by atoms with van der Waals surface area (Å²) in [5.41, 5.74) is 11.1. The topological polar surface area (TPSA) is 123 Å². The van der Waals surface area contributed by atoms with Gasteiger partial charge in [-0.2, -0.15) is 0 Å². The van der Waals surface area contributed by atoms with Crippen LogP contribution in [0.5, 0.6) is 11.5 Å². The van der Waals surface area contributed by atoms with E-state index in [2.05, 4.69) is 10.3 Å². The van der Waals surface area contributed by atoms with Gasteiger partial charge in [-0.3, -0.25) is 9.79 Å². The molecule has 6 N–H and O–H groups in total. The Balaban J connectivity index is 0.00000441. The number of nitrogens with one attached hydrogen (secondary N) is 1. The highest BCUT2D eigenvalue weighted by Crippen LogP contribution is 2.26. The number of hydrogen-bond acceptors (Lipinski definition) is 4. The summed E-state index contributed by atoms with van der Waals surface area (Å²) in [7, 11) is 1.46. The SMILES string of the molecule is COc1cc(/C=C/C(=O)NCCCN=C(N)N)ccc1O.Cl. The van der Waals surface area contributed by atoms with Gasteiger partial charge in [0.1, 0.15) is 0 Å². The van der Waals surface area contributed by atoms with Crippen LogP contribution >= 0.6 is 12.4 Å². The van der Waals surface area contributed by atoms with Gasteiger partial charge in [0.05, 0.1) is 7.11 Å². The van der Waals surface area contributed by atoms with Crippen molar-refractivity contribution in [3.63, 3.8) is 0 Å². The number of rotatable bonds is 7. The van der Waals surface area contributed by atoms with Gasteiger partial charge in [0.15, 0.2) is 17.5 Å². The number of methoxy groups -OCH3 is 1. The number of aromatic hydroxyl groups is 1. The molecular formula is C14H21ClN4O3. The van der Waals surface area contributed by atoms with Gasteiger partial charge in [0.25, 0.3) is 0 Å². The largest absolute Gasteiger partial charge is 0.504 e. The highest BCUT2D eigenvalue weighted by Gasteiger charge is 2.01. The molecule has 0 aliphatic heterocycles. The predicted molar refractivity (Wildman–Crippen MR) is 89.2 cm³/mol. The lowest BCUT2D eigenvalue weighted by molar-refractivity contribution is -0.116. The maximum absolute atomic E-state index is 11.6. The number of nitrogens with zero attached hydrogens (tertiary/aromatic N) is 1. The van der Waals surface area contributed by atoms with E-state index in [-0.39, 0.29) is 30.0 Å². The van der Waals surface area contributed by atoms with Gasteiger partial charge in [-0.25, -0.2) is 0 Å². The zero-order chi connectivity index (χ0) is 15.7. The molecule has 0 aromatic heterocycles. The summed E-state index contributed by atoms with van der Waals surface area (Å²) in [5, 5.41) is 12.2. The Labute approximate surface area is 135 Å². The number of hydrogen-bond donors (Lipinski definition) is 4. The predicted octanol–water partition coefficient (Wildman–Crippen LogP) is 0.616. The van der Waals surface area contributed by atoms with Gasteiger partial charge in [0.2, 0.25) is 5.91 Å². The Bertz CT molecular complexity index is 543. The molecule has 0 spiro atoms. The molecule has 1 aromatic rings. The fourth-order valence-electron chi connectivity index (χ4n) is 1.53. The van der Waals surface area contributed by atoms with Crippen LogP contribution in [-0.4, -0.2) is 37.2 Å². The Hall–Kier alpha value is -2.41. The molecule has 8 heteroatoms. The number of guanidine groups is 1. The van der Waals surface area contributed by atoms with Crippen LogP contribution in [0.15, 0.2) is 29.3 Å². The molecule has 1 aromatic carbocycles. The van der Waals surface area contributed by atoms with E-state index in [1.807, 2.05) is 0 Å². The van der Waals surface area contributed by atoms with Crippen LogP contribution in [-0.2, 0) is 4.79 Å². The Morgan fingerprint density at radius 2 is 2.18 bits per heavy atom. The third-order valence-corrected chi connectivity index (χ3v) is 2.56. The fourth-order valence-corrected chi connectivity index (χ4v) is 1.53. The van der Waals surface area contributed by atoms with Crippen molar-refractivity contribution in [2.24, 2.45) is 16.5 Å². The zero-order valence-corrected chi connectivity index (χ0v) is 13.1. The average molecular weight is 329 g/mol. The third-order valence-electron chi connectivity index (χ3n) is 2.56. The molecule has 122 valence electrons. The van der Waals surface area contributed by atoms with E-state index in [1.165, 1.54) is 19.3 Å². The fraction of sp³-hybridized carbons (Fsp3) is 0.286.